The Morgan fingerprint density at radius 1 is 1.10 bits per heavy atom. The first-order chi connectivity index (χ1) is 14.7. The lowest BCUT2D eigenvalue weighted by molar-refractivity contribution is -0.0366. The molecule has 2 aliphatic heterocycles. The average molecular weight is 406 g/mol. The topological polar surface area (TPSA) is 50.5 Å². The lowest BCUT2D eigenvalue weighted by Gasteiger charge is -2.35. The molecule has 3 aromatic rings. The van der Waals surface area contributed by atoms with Gasteiger partial charge in [-0.25, -0.2) is 4.68 Å². The smallest absolute Gasteiger partial charge is 0.150 e. The molecule has 0 spiro atoms. The van der Waals surface area contributed by atoms with Gasteiger partial charge in [0, 0.05) is 30.8 Å². The van der Waals surface area contributed by atoms with Crippen LogP contribution in [0.15, 0.2) is 42.6 Å². The second-order valence-corrected chi connectivity index (χ2v) is 8.74. The third-order valence-electron chi connectivity index (χ3n) is 6.78. The molecule has 30 heavy (non-hydrogen) atoms. The zero-order valence-corrected chi connectivity index (χ0v) is 17.8. The second-order valence-electron chi connectivity index (χ2n) is 8.74. The molecule has 1 atom stereocenters. The fraction of sp³-hybridized carbons (Fsp3) is 0.480. The minimum Gasteiger partial charge on any atom is -0.392 e. The maximum absolute atomic E-state index is 10.1. The van der Waals surface area contributed by atoms with E-state index in [1.165, 1.54) is 28.6 Å². The third-order valence-corrected chi connectivity index (χ3v) is 6.78. The molecule has 0 saturated carbocycles. The van der Waals surface area contributed by atoms with E-state index in [9.17, 15) is 5.11 Å². The summed E-state index contributed by atoms with van der Waals surface area (Å²) in [5, 5.41) is 16.0. The lowest BCUT2D eigenvalue weighted by atomic mass is 9.84. The minimum absolute atomic E-state index is 0.0345. The second kappa shape index (κ2) is 8.40. The van der Waals surface area contributed by atoms with Gasteiger partial charge in [-0.05, 0) is 79.8 Å². The number of hydrogen-bond acceptors (Lipinski definition) is 4. The summed E-state index contributed by atoms with van der Waals surface area (Å²) in [6.07, 6.45) is 7.54. The predicted octanol–water partition coefficient (Wildman–Crippen LogP) is 4.92. The molecule has 1 unspecified atom stereocenters. The Balaban J connectivity index is 1.43. The summed E-state index contributed by atoms with van der Waals surface area (Å²) in [5.74, 6) is 0.446. The molecule has 2 aliphatic rings. The van der Waals surface area contributed by atoms with Gasteiger partial charge in [-0.15, -0.1) is 0 Å². The molecule has 1 N–H and O–H groups in total. The van der Waals surface area contributed by atoms with Crippen molar-refractivity contribution in [1.82, 2.24) is 9.78 Å². The van der Waals surface area contributed by atoms with Crippen LogP contribution in [0.1, 0.15) is 60.9 Å². The molecule has 1 aromatic heterocycles. The van der Waals surface area contributed by atoms with E-state index in [0.717, 1.165) is 56.5 Å². The fourth-order valence-corrected chi connectivity index (χ4v) is 5.20. The van der Waals surface area contributed by atoms with Crippen molar-refractivity contribution in [3.05, 3.63) is 59.3 Å². The minimum atomic E-state index is 0.0345. The summed E-state index contributed by atoms with van der Waals surface area (Å²) < 4.78 is 8.05. The van der Waals surface area contributed by atoms with Crippen LogP contribution in [0.3, 0.4) is 0 Å². The van der Waals surface area contributed by atoms with Gasteiger partial charge in [-0.3, -0.25) is 0 Å². The maximum Gasteiger partial charge on any atom is 0.150 e. The molecule has 5 rings (SSSR count). The molecular formula is C25H31N3O2. The van der Waals surface area contributed by atoms with Gasteiger partial charge in [0.25, 0.3) is 0 Å². The average Bonchev–Trinajstić information content (AvgIpc) is 3.23. The van der Waals surface area contributed by atoms with Gasteiger partial charge in [0.1, 0.15) is 0 Å². The molecule has 2 aromatic carbocycles. The van der Waals surface area contributed by atoms with Crippen LogP contribution in [-0.2, 0) is 11.3 Å². The van der Waals surface area contributed by atoms with Crippen molar-refractivity contribution in [1.29, 1.82) is 0 Å². The fourth-order valence-electron chi connectivity index (χ4n) is 5.20. The number of aliphatic hydroxyl groups excluding tert-OH is 1. The van der Waals surface area contributed by atoms with E-state index in [4.69, 9.17) is 9.84 Å². The van der Waals surface area contributed by atoms with Gasteiger partial charge in [0.15, 0.2) is 6.23 Å². The van der Waals surface area contributed by atoms with Crippen molar-refractivity contribution in [2.24, 2.45) is 0 Å². The van der Waals surface area contributed by atoms with Crippen LogP contribution >= 0.6 is 0 Å². The standard InChI is InChI=1S/C25H31N3O2/c1-18-5-4-6-21(15-18)27-12-10-19(11-13-27)25-20(17-29)8-9-23-22(25)16-26-28(23)24-7-2-3-14-30-24/h4-6,8-9,15-16,19,24,29H,2-3,7,10-14,17H2,1H3. The van der Waals surface area contributed by atoms with E-state index < -0.39 is 0 Å². The number of anilines is 1. The number of aliphatic hydroxyl groups is 1. The number of nitrogens with zero attached hydrogens (tertiary/aromatic N) is 3. The monoisotopic (exact) mass is 405 g/mol. The third kappa shape index (κ3) is 3.61. The molecule has 2 saturated heterocycles. The molecule has 158 valence electrons. The van der Waals surface area contributed by atoms with Crippen molar-refractivity contribution in [2.45, 2.75) is 57.8 Å². The van der Waals surface area contributed by atoms with E-state index in [1.807, 2.05) is 6.20 Å². The van der Waals surface area contributed by atoms with E-state index in [0.29, 0.717) is 5.92 Å². The highest BCUT2D eigenvalue weighted by molar-refractivity contribution is 5.84. The Kier molecular flexibility index (Phi) is 5.48. The van der Waals surface area contributed by atoms with Crippen LogP contribution in [0.25, 0.3) is 10.9 Å². The van der Waals surface area contributed by atoms with Crippen LogP contribution in [0.2, 0.25) is 0 Å². The molecule has 5 nitrogen and oxygen atoms in total. The molecule has 0 radical (unpaired) electrons. The van der Waals surface area contributed by atoms with Gasteiger partial charge in [-0.2, -0.15) is 5.10 Å². The van der Waals surface area contributed by atoms with Crippen molar-refractivity contribution in [3.8, 4) is 0 Å². The quantitative estimate of drug-likeness (QED) is 0.669. The molecule has 0 amide bonds. The number of rotatable bonds is 4. The number of aryl methyl sites for hydroxylation is 1. The van der Waals surface area contributed by atoms with E-state index in [2.05, 4.69) is 52.9 Å². The van der Waals surface area contributed by atoms with Crippen molar-refractivity contribution in [3.63, 3.8) is 0 Å². The Morgan fingerprint density at radius 2 is 1.97 bits per heavy atom. The number of fused-ring (bicyclic) bond motifs is 1. The Hall–Kier alpha value is -2.37. The normalized spacial score (nSPS) is 20.7. The van der Waals surface area contributed by atoms with Crippen LogP contribution in [0.5, 0.6) is 0 Å². The summed E-state index contributed by atoms with van der Waals surface area (Å²) in [6.45, 7) is 5.11. The van der Waals surface area contributed by atoms with Gasteiger partial charge < -0.3 is 14.7 Å². The molecule has 5 heteroatoms. The lowest BCUT2D eigenvalue weighted by Crippen LogP contribution is -2.33. The van der Waals surface area contributed by atoms with Gasteiger partial charge >= 0.3 is 0 Å². The molecule has 0 aliphatic carbocycles. The van der Waals surface area contributed by atoms with E-state index in [1.54, 1.807) is 0 Å². The first kappa shape index (κ1) is 19.6. The van der Waals surface area contributed by atoms with E-state index >= 15 is 0 Å². The summed E-state index contributed by atoms with van der Waals surface area (Å²) in [5.41, 5.74) is 6.09. The van der Waals surface area contributed by atoms with Gasteiger partial charge in [0.2, 0.25) is 0 Å². The van der Waals surface area contributed by atoms with Crippen LogP contribution < -0.4 is 4.90 Å². The first-order valence-corrected chi connectivity index (χ1v) is 11.3. The van der Waals surface area contributed by atoms with Crippen LogP contribution in [0, 0.1) is 6.92 Å². The summed E-state index contributed by atoms with van der Waals surface area (Å²) in [6, 6.07) is 13.0. The van der Waals surface area contributed by atoms with Crippen molar-refractivity contribution in [2.75, 3.05) is 24.6 Å². The van der Waals surface area contributed by atoms with Gasteiger partial charge in [0.05, 0.1) is 18.3 Å². The van der Waals surface area contributed by atoms with Crippen molar-refractivity contribution >= 4 is 16.6 Å². The number of benzene rings is 2. The Labute approximate surface area is 178 Å². The summed E-state index contributed by atoms with van der Waals surface area (Å²) >= 11 is 0. The highest BCUT2D eigenvalue weighted by Crippen LogP contribution is 2.38. The largest absolute Gasteiger partial charge is 0.392 e. The summed E-state index contributed by atoms with van der Waals surface area (Å²) in [4.78, 5) is 2.49. The number of aromatic nitrogens is 2. The highest BCUT2D eigenvalue weighted by Gasteiger charge is 2.27. The zero-order chi connectivity index (χ0) is 20.5. The number of ether oxygens (including phenoxy) is 1. The van der Waals surface area contributed by atoms with Crippen molar-refractivity contribution < 1.29 is 9.84 Å². The first-order valence-electron chi connectivity index (χ1n) is 11.3. The zero-order valence-electron chi connectivity index (χ0n) is 17.8. The highest BCUT2D eigenvalue weighted by atomic mass is 16.5. The Bertz CT molecular complexity index is 1010. The Morgan fingerprint density at radius 3 is 2.70 bits per heavy atom. The number of piperidine rings is 1. The van der Waals surface area contributed by atoms with Crippen LogP contribution in [0.4, 0.5) is 5.69 Å². The molecule has 3 heterocycles. The molecular weight excluding hydrogens is 374 g/mol. The van der Waals surface area contributed by atoms with Crippen LogP contribution in [-0.4, -0.2) is 34.6 Å². The van der Waals surface area contributed by atoms with Gasteiger partial charge in [-0.1, -0.05) is 18.2 Å². The molecule has 2 fully saturated rings. The maximum atomic E-state index is 10.1. The number of hydrogen-bond donors (Lipinski definition) is 1. The predicted molar refractivity (Wildman–Crippen MR) is 120 cm³/mol. The summed E-state index contributed by atoms with van der Waals surface area (Å²) in [7, 11) is 0. The SMILES string of the molecule is Cc1cccc(N2CCC(c3c(CO)ccc4c3cnn4C3CCCCO3)CC2)c1. The molecule has 0 bridgehead atoms. The van der Waals surface area contributed by atoms with E-state index in [-0.39, 0.29) is 12.8 Å².